The van der Waals surface area contributed by atoms with Crippen LogP contribution < -0.4 is 4.90 Å². The smallest absolute Gasteiger partial charge is 0.228 e. The minimum absolute atomic E-state index is 0.0238. The molecule has 1 aliphatic rings. The van der Waals surface area contributed by atoms with Crippen LogP contribution in [0.25, 0.3) is 11.3 Å². The first-order chi connectivity index (χ1) is 14.5. The number of aryl methyl sites for hydroxylation is 3. The van der Waals surface area contributed by atoms with Crippen molar-refractivity contribution in [2.45, 2.75) is 46.1 Å². The van der Waals surface area contributed by atoms with Crippen LogP contribution in [0.1, 0.15) is 36.2 Å². The first-order valence-corrected chi connectivity index (χ1v) is 10.1. The third-order valence-electron chi connectivity index (χ3n) is 5.08. The van der Waals surface area contributed by atoms with E-state index in [1.807, 2.05) is 30.7 Å². The highest BCUT2D eigenvalue weighted by atomic mass is 16.2. The first kappa shape index (κ1) is 19.9. The Bertz CT molecular complexity index is 1070. The maximum absolute atomic E-state index is 12.7. The zero-order chi connectivity index (χ0) is 21.1. The Kier molecular flexibility index (Phi) is 5.65. The number of carbonyl (C=O) groups excluding carboxylic acids is 2. The molecule has 0 spiro atoms. The Balaban J connectivity index is 1.32. The van der Waals surface area contributed by atoms with Gasteiger partial charge >= 0.3 is 0 Å². The van der Waals surface area contributed by atoms with E-state index in [-0.39, 0.29) is 31.0 Å². The number of nitrogens with zero attached hydrogens (tertiary/aromatic N) is 6. The quantitative estimate of drug-likeness (QED) is 0.627. The van der Waals surface area contributed by atoms with Crippen LogP contribution >= 0.6 is 0 Å². The average Bonchev–Trinajstić information content (AvgIpc) is 3.12. The molecule has 0 radical (unpaired) electrons. The molecule has 1 aliphatic heterocycles. The largest absolute Gasteiger partial charge is 0.299 e. The van der Waals surface area contributed by atoms with Gasteiger partial charge in [0, 0.05) is 56.2 Å². The molecular formula is C22H24N6O2. The highest BCUT2D eigenvalue weighted by Gasteiger charge is 2.24. The van der Waals surface area contributed by atoms with Crippen molar-refractivity contribution in [1.29, 1.82) is 0 Å². The van der Waals surface area contributed by atoms with E-state index in [4.69, 9.17) is 0 Å². The minimum atomic E-state index is -0.0439. The maximum atomic E-state index is 12.7. The molecule has 0 fully saturated rings. The molecule has 0 bridgehead atoms. The summed E-state index contributed by atoms with van der Waals surface area (Å²) in [6.45, 7) is 5.37. The van der Waals surface area contributed by atoms with Gasteiger partial charge in [0.2, 0.25) is 5.91 Å². The monoisotopic (exact) mass is 404 g/mol. The molecule has 0 aromatic carbocycles. The fraction of sp³-hybridized carbons (Fsp3) is 0.364. The van der Waals surface area contributed by atoms with Gasteiger partial charge in [0.05, 0.1) is 29.7 Å². The van der Waals surface area contributed by atoms with Gasteiger partial charge in [-0.15, -0.1) is 0 Å². The lowest BCUT2D eigenvalue weighted by atomic mass is 10.1. The lowest BCUT2D eigenvalue weighted by Gasteiger charge is -2.27. The van der Waals surface area contributed by atoms with Gasteiger partial charge in [-0.1, -0.05) is 0 Å². The second-order valence-corrected chi connectivity index (χ2v) is 7.63. The highest BCUT2D eigenvalue weighted by Crippen LogP contribution is 2.22. The third kappa shape index (κ3) is 4.42. The van der Waals surface area contributed by atoms with Crippen LogP contribution in [0.5, 0.6) is 0 Å². The van der Waals surface area contributed by atoms with Crippen LogP contribution in [-0.4, -0.2) is 43.0 Å². The van der Waals surface area contributed by atoms with Gasteiger partial charge in [-0.25, -0.2) is 4.68 Å². The molecule has 4 rings (SSSR count). The van der Waals surface area contributed by atoms with E-state index in [2.05, 4.69) is 20.1 Å². The topological polar surface area (TPSA) is 93.9 Å². The molecule has 0 N–H and O–H groups in total. The van der Waals surface area contributed by atoms with Crippen molar-refractivity contribution in [3.63, 3.8) is 0 Å². The number of fused-ring (bicyclic) bond motifs is 1. The minimum Gasteiger partial charge on any atom is -0.299 e. The Morgan fingerprint density at radius 3 is 2.63 bits per heavy atom. The number of carbonyl (C=O) groups is 2. The summed E-state index contributed by atoms with van der Waals surface area (Å²) in [5, 5.41) is 4.41. The normalized spacial score (nSPS) is 13.2. The molecule has 0 unspecified atom stereocenters. The summed E-state index contributed by atoms with van der Waals surface area (Å²) in [4.78, 5) is 39.7. The maximum Gasteiger partial charge on any atom is 0.228 e. The Morgan fingerprint density at radius 2 is 1.87 bits per heavy atom. The lowest BCUT2D eigenvalue weighted by molar-refractivity contribution is -0.123. The van der Waals surface area contributed by atoms with E-state index in [1.54, 1.807) is 29.7 Å². The van der Waals surface area contributed by atoms with E-state index >= 15 is 0 Å². The van der Waals surface area contributed by atoms with Gasteiger partial charge in [0.1, 0.15) is 11.6 Å². The van der Waals surface area contributed by atoms with E-state index in [1.165, 1.54) is 0 Å². The summed E-state index contributed by atoms with van der Waals surface area (Å²) in [6.07, 6.45) is 8.20. The van der Waals surface area contributed by atoms with Gasteiger partial charge in [-0.3, -0.25) is 29.4 Å². The number of aromatic nitrogens is 5. The summed E-state index contributed by atoms with van der Waals surface area (Å²) in [6, 6.07) is 3.90. The van der Waals surface area contributed by atoms with Crippen LogP contribution in [0, 0.1) is 13.8 Å². The summed E-state index contributed by atoms with van der Waals surface area (Å²) < 4.78 is 1.86. The molecule has 4 heterocycles. The molecule has 3 aromatic rings. The van der Waals surface area contributed by atoms with Crippen LogP contribution in [0.2, 0.25) is 0 Å². The fourth-order valence-corrected chi connectivity index (χ4v) is 3.62. The Labute approximate surface area is 175 Å². The van der Waals surface area contributed by atoms with Gasteiger partial charge in [0.15, 0.2) is 0 Å². The molecule has 30 heavy (non-hydrogen) atoms. The molecule has 1 amide bonds. The predicted octanol–water partition coefficient (Wildman–Crippen LogP) is 2.68. The lowest BCUT2D eigenvalue weighted by Crippen LogP contribution is -2.37. The van der Waals surface area contributed by atoms with Crippen molar-refractivity contribution < 1.29 is 9.59 Å². The average molecular weight is 404 g/mol. The molecular weight excluding hydrogens is 380 g/mol. The summed E-state index contributed by atoms with van der Waals surface area (Å²) >= 11 is 0. The van der Waals surface area contributed by atoms with Crippen molar-refractivity contribution >= 4 is 17.5 Å². The van der Waals surface area contributed by atoms with E-state index < -0.39 is 0 Å². The molecule has 8 heteroatoms. The number of hydrogen-bond donors (Lipinski definition) is 0. The number of anilines is 1. The number of hydrogen-bond acceptors (Lipinski definition) is 6. The van der Waals surface area contributed by atoms with Crippen molar-refractivity contribution in [1.82, 2.24) is 24.7 Å². The first-order valence-electron chi connectivity index (χ1n) is 10.1. The molecule has 0 saturated carbocycles. The molecule has 0 atom stereocenters. The summed E-state index contributed by atoms with van der Waals surface area (Å²) in [5.74, 6) is 0.755. The molecule has 0 aliphatic carbocycles. The van der Waals surface area contributed by atoms with Gasteiger partial charge < -0.3 is 0 Å². The predicted molar refractivity (Wildman–Crippen MR) is 112 cm³/mol. The molecule has 8 nitrogen and oxygen atoms in total. The fourth-order valence-electron chi connectivity index (χ4n) is 3.62. The van der Waals surface area contributed by atoms with Crippen molar-refractivity contribution in [3.8, 4) is 11.3 Å². The van der Waals surface area contributed by atoms with E-state index in [9.17, 15) is 9.59 Å². The van der Waals surface area contributed by atoms with E-state index in [0.717, 1.165) is 41.3 Å². The van der Waals surface area contributed by atoms with Crippen molar-refractivity contribution in [3.05, 3.63) is 53.9 Å². The second-order valence-electron chi connectivity index (χ2n) is 7.63. The SMILES string of the molecule is Cc1cncc(-c2cnc(CC(=O)CCC(=O)N3CCCn4nc(C)cc43)cn2)c1. The van der Waals surface area contributed by atoms with Crippen LogP contribution in [-0.2, 0) is 22.6 Å². The second kappa shape index (κ2) is 8.52. The molecule has 0 saturated heterocycles. The van der Waals surface area contributed by atoms with Crippen molar-refractivity contribution in [2.24, 2.45) is 0 Å². The zero-order valence-corrected chi connectivity index (χ0v) is 17.2. The van der Waals surface area contributed by atoms with Crippen LogP contribution in [0.3, 0.4) is 0 Å². The van der Waals surface area contributed by atoms with Gasteiger partial charge in [-0.05, 0) is 31.9 Å². The van der Waals surface area contributed by atoms with Crippen LogP contribution in [0.15, 0.2) is 36.9 Å². The standard InChI is InChI=1S/C22H24N6O2/c1-15-8-17(12-23-11-15)20-14-24-18(13-25-20)10-19(29)4-5-22(30)27-6-3-7-28-21(27)9-16(2)26-28/h8-9,11-14H,3-7,10H2,1-2H3. The molecule has 3 aromatic heterocycles. The van der Waals surface area contributed by atoms with Gasteiger partial charge in [0.25, 0.3) is 0 Å². The summed E-state index contributed by atoms with van der Waals surface area (Å²) in [7, 11) is 0. The summed E-state index contributed by atoms with van der Waals surface area (Å²) in [5.41, 5.74) is 4.15. The third-order valence-corrected chi connectivity index (χ3v) is 5.08. The Morgan fingerprint density at radius 1 is 1.00 bits per heavy atom. The zero-order valence-electron chi connectivity index (χ0n) is 17.2. The number of Topliss-reactive ketones (excluding diaryl/α,β-unsaturated/α-hetero) is 1. The number of ketones is 1. The van der Waals surface area contributed by atoms with E-state index in [0.29, 0.717) is 12.2 Å². The van der Waals surface area contributed by atoms with Gasteiger partial charge in [-0.2, -0.15) is 5.10 Å². The van der Waals surface area contributed by atoms with Crippen molar-refractivity contribution in [2.75, 3.05) is 11.4 Å². The number of pyridine rings is 1. The Hall–Kier alpha value is -3.42. The highest BCUT2D eigenvalue weighted by molar-refractivity contribution is 5.95. The van der Waals surface area contributed by atoms with Crippen LogP contribution in [0.4, 0.5) is 5.82 Å². The molecule has 154 valence electrons. The number of amides is 1. The number of rotatable bonds is 6.